The van der Waals surface area contributed by atoms with E-state index >= 15 is 0 Å². The average Bonchev–Trinajstić information content (AvgIpc) is 2.26. The van der Waals surface area contributed by atoms with Crippen LogP contribution >= 0.6 is 0 Å². The normalized spacial score (nSPS) is 12.6. The fourth-order valence-corrected chi connectivity index (χ4v) is 1.75. The van der Waals surface area contributed by atoms with Gasteiger partial charge in [0.25, 0.3) is 0 Å². The molecule has 0 fully saturated rings. The summed E-state index contributed by atoms with van der Waals surface area (Å²) in [6, 6.07) is 0. The molecule has 0 aromatic rings. The third-order valence-electron chi connectivity index (χ3n) is 2.69. The van der Waals surface area contributed by atoms with Crippen molar-refractivity contribution in [2.75, 3.05) is 0 Å². The molecule has 0 radical (unpaired) electrons. The van der Waals surface area contributed by atoms with E-state index in [0.29, 0.717) is 6.42 Å². The Balaban J connectivity index is 0. The molecule has 0 saturated carbocycles. The van der Waals surface area contributed by atoms with E-state index in [9.17, 15) is 17.8 Å². The second-order valence-corrected chi connectivity index (χ2v) is 6.07. The molecule has 0 N–H and O–H groups in total. The van der Waals surface area contributed by atoms with Crippen LogP contribution < -0.4 is 29.6 Å². The maximum atomic E-state index is 11.2. The minimum Gasteiger partial charge on any atom is -0.745 e. The monoisotopic (exact) mass is 302 g/mol. The van der Waals surface area contributed by atoms with E-state index in [1.165, 1.54) is 19.3 Å². The van der Waals surface area contributed by atoms with Gasteiger partial charge in [0.05, 0.1) is 0 Å². The van der Waals surface area contributed by atoms with Gasteiger partial charge in [0.2, 0.25) is 0 Å². The standard InChI is InChI=1S/C12H24O5S.Na/c1-3-4-5-6-7-8-9-10-12(13)17-11(2)18(14,15)16;/h11H,3-10H2,1-2H3,(H,14,15,16);/q;+1/p-1. The van der Waals surface area contributed by atoms with Crippen LogP contribution in [0, 0.1) is 0 Å². The zero-order chi connectivity index (χ0) is 14.0. The molecule has 0 bridgehead atoms. The van der Waals surface area contributed by atoms with Crippen molar-refractivity contribution in [1.82, 2.24) is 0 Å². The summed E-state index contributed by atoms with van der Waals surface area (Å²) >= 11 is 0. The quantitative estimate of drug-likeness (QED) is 0.236. The number of esters is 1. The Morgan fingerprint density at radius 2 is 1.58 bits per heavy atom. The van der Waals surface area contributed by atoms with Crippen molar-refractivity contribution >= 4 is 16.1 Å². The zero-order valence-corrected chi connectivity index (χ0v) is 15.0. The second kappa shape index (κ2) is 12.1. The molecule has 0 aliphatic carbocycles. The maximum absolute atomic E-state index is 11.2. The van der Waals surface area contributed by atoms with E-state index in [1.807, 2.05) is 0 Å². The first kappa shape index (κ1) is 21.7. The van der Waals surface area contributed by atoms with E-state index in [0.717, 1.165) is 26.2 Å². The smallest absolute Gasteiger partial charge is 0.745 e. The van der Waals surface area contributed by atoms with Gasteiger partial charge < -0.3 is 9.29 Å². The van der Waals surface area contributed by atoms with E-state index in [-0.39, 0.29) is 36.0 Å². The number of hydrogen-bond donors (Lipinski definition) is 0. The summed E-state index contributed by atoms with van der Waals surface area (Å²) in [4.78, 5) is 11.2. The molecule has 0 aliphatic rings. The van der Waals surface area contributed by atoms with Gasteiger partial charge >= 0.3 is 35.5 Å². The minimum atomic E-state index is -4.54. The van der Waals surface area contributed by atoms with E-state index in [2.05, 4.69) is 11.7 Å². The summed E-state index contributed by atoms with van der Waals surface area (Å²) in [5.74, 6) is -0.615. The van der Waals surface area contributed by atoms with Crippen molar-refractivity contribution in [2.24, 2.45) is 0 Å². The van der Waals surface area contributed by atoms with Crippen molar-refractivity contribution < 1.29 is 52.1 Å². The first-order chi connectivity index (χ1) is 8.38. The van der Waals surface area contributed by atoms with Crippen LogP contribution in [-0.2, 0) is 19.6 Å². The summed E-state index contributed by atoms with van der Waals surface area (Å²) in [6.45, 7) is 3.23. The number of hydrogen-bond acceptors (Lipinski definition) is 5. The summed E-state index contributed by atoms with van der Waals surface area (Å²) in [5.41, 5.74) is -1.59. The average molecular weight is 302 g/mol. The molecular formula is C12H23NaO5S. The van der Waals surface area contributed by atoms with Gasteiger partial charge in [-0.1, -0.05) is 45.4 Å². The molecule has 0 rings (SSSR count). The van der Waals surface area contributed by atoms with E-state index in [1.54, 1.807) is 0 Å². The Bertz CT molecular complexity index is 329. The van der Waals surface area contributed by atoms with Crippen LogP contribution in [0.25, 0.3) is 0 Å². The third-order valence-corrected chi connectivity index (χ3v) is 3.60. The molecule has 0 aliphatic heterocycles. The molecule has 7 heteroatoms. The Morgan fingerprint density at radius 1 is 1.11 bits per heavy atom. The second-order valence-electron chi connectivity index (χ2n) is 4.42. The van der Waals surface area contributed by atoms with Crippen molar-refractivity contribution in [3.8, 4) is 0 Å². The predicted octanol–water partition coefficient (Wildman–Crippen LogP) is -0.434. The molecule has 1 atom stereocenters. The van der Waals surface area contributed by atoms with Crippen LogP contribution in [0.1, 0.15) is 65.2 Å². The maximum Gasteiger partial charge on any atom is 1.00 e. The van der Waals surface area contributed by atoms with Gasteiger partial charge in [-0.05, 0) is 13.3 Å². The van der Waals surface area contributed by atoms with Gasteiger partial charge in [-0.2, -0.15) is 0 Å². The fraction of sp³-hybridized carbons (Fsp3) is 0.917. The van der Waals surface area contributed by atoms with E-state index in [4.69, 9.17) is 0 Å². The molecule has 0 heterocycles. The predicted molar refractivity (Wildman–Crippen MR) is 67.9 cm³/mol. The fourth-order valence-electron chi connectivity index (χ4n) is 1.53. The topological polar surface area (TPSA) is 83.5 Å². The van der Waals surface area contributed by atoms with Gasteiger partial charge in [-0.25, -0.2) is 8.42 Å². The number of ether oxygens (including phenoxy) is 1. The van der Waals surface area contributed by atoms with Gasteiger partial charge in [0.15, 0.2) is 5.44 Å². The molecule has 1 unspecified atom stereocenters. The number of unbranched alkanes of at least 4 members (excludes halogenated alkanes) is 6. The number of carbonyl (C=O) groups excluding carboxylic acids is 1. The molecular weight excluding hydrogens is 279 g/mol. The summed E-state index contributed by atoms with van der Waals surface area (Å²) < 4.78 is 36.1. The molecule has 19 heavy (non-hydrogen) atoms. The summed E-state index contributed by atoms with van der Waals surface area (Å²) in [6.07, 6.45) is 7.67. The summed E-state index contributed by atoms with van der Waals surface area (Å²) in [5, 5.41) is 0. The number of rotatable bonds is 10. The Morgan fingerprint density at radius 3 is 2.05 bits per heavy atom. The molecule has 0 amide bonds. The number of carbonyl (C=O) groups is 1. The van der Waals surface area contributed by atoms with Crippen LogP contribution in [-0.4, -0.2) is 24.4 Å². The zero-order valence-electron chi connectivity index (χ0n) is 12.2. The molecule has 0 aromatic carbocycles. The van der Waals surface area contributed by atoms with Crippen LogP contribution in [0.4, 0.5) is 0 Å². The molecule has 5 nitrogen and oxygen atoms in total. The third kappa shape index (κ3) is 13.1. The van der Waals surface area contributed by atoms with Gasteiger partial charge in [-0.3, -0.25) is 4.79 Å². The van der Waals surface area contributed by atoms with Gasteiger partial charge in [0.1, 0.15) is 10.1 Å². The molecule has 0 spiro atoms. The minimum absolute atomic E-state index is 0. The van der Waals surface area contributed by atoms with Gasteiger partial charge in [0, 0.05) is 6.42 Å². The Kier molecular flexibility index (Phi) is 13.9. The van der Waals surface area contributed by atoms with Crippen LogP contribution in [0.5, 0.6) is 0 Å². The van der Waals surface area contributed by atoms with Crippen molar-refractivity contribution in [1.29, 1.82) is 0 Å². The van der Waals surface area contributed by atoms with Gasteiger partial charge in [-0.15, -0.1) is 0 Å². The van der Waals surface area contributed by atoms with Crippen LogP contribution in [0.15, 0.2) is 0 Å². The van der Waals surface area contributed by atoms with Crippen molar-refractivity contribution in [2.45, 2.75) is 70.7 Å². The first-order valence-corrected chi connectivity index (χ1v) is 7.99. The molecule has 0 saturated heterocycles. The van der Waals surface area contributed by atoms with Crippen molar-refractivity contribution in [3.05, 3.63) is 0 Å². The first-order valence-electron chi connectivity index (χ1n) is 6.52. The molecule has 0 aromatic heterocycles. The summed E-state index contributed by atoms with van der Waals surface area (Å²) in [7, 11) is -4.54. The largest absolute Gasteiger partial charge is 1.00 e. The Hall–Kier alpha value is 0.380. The SMILES string of the molecule is CCCCCCCCCC(=O)OC(C)S(=O)(=O)[O-].[Na+]. The van der Waals surface area contributed by atoms with Crippen molar-refractivity contribution in [3.63, 3.8) is 0 Å². The van der Waals surface area contributed by atoms with E-state index < -0.39 is 21.5 Å². The van der Waals surface area contributed by atoms with Crippen LogP contribution in [0.3, 0.4) is 0 Å². The Labute approximate surface area is 138 Å². The van der Waals surface area contributed by atoms with Crippen LogP contribution in [0.2, 0.25) is 0 Å². The molecule has 108 valence electrons.